The summed E-state index contributed by atoms with van der Waals surface area (Å²) in [5.74, 6) is 2.06. The van der Waals surface area contributed by atoms with Gasteiger partial charge in [0.1, 0.15) is 17.7 Å². The van der Waals surface area contributed by atoms with Gasteiger partial charge in [0.2, 0.25) is 0 Å². The predicted molar refractivity (Wildman–Crippen MR) is 104 cm³/mol. The average Bonchev–Trinajstić information content (AvgIpc) is 3.55. The maximum atomic E-state index is 6.55. The molecule has 1 saturated carbocycles. The molecule has 5 rings (SSSR count). The molecule has 1 unspecified atom stereocenters. The van der Waals surface area contributed by atoms with E-state index in [-0.39, 0.29) is 6.10 Å². The molecule has 1 atom stereocenters. The van der Waals surface area contributed by atoms with Crippen molar-refractivity contribution >= 4 is 17.2 Å². The van der Waals surface area contributed by atoms with Crippen molar-refractivity contribution in [2.75, 3.05) is 18.4 Å². The monoisotopic (exact) mass is 364 g/mol. The Morgan fingerprint density at radius 1 is 1.04 bits per heavy atom. The number of aliphatic imine (C=N–C) groups is 1. The van der Waals surface area contributed by atoms with Crippen LogP contribution in [0.1, 0.15) is 25.7 Å². The van der Waals surface area contributed by atoms with Crippen molar-refractivity contribution in [3.05, 3.63) is 43.0 Å². The summed E-state index contributed by atoms with van der Waals surface area (Å²) >= 11 is 0. The van der Waals surface area contributed by atoms with Crippen LogP contribution in [-0.2, 0) is 0 Å². The van der Waals surface area contributed by atoms with Crippen LogP contribution in [-0.4, -0.2) is 45.6 Å². The SMILES string of the molecule is NC1=Nc2ccncc2NC1(C1CC1)N1CCC(Oc2ccncc2)CC1. The van der Waals surface area contributed by atoms with E-state index in [1.807, 2.05) is 24.4 Å². The summed E-state index contributed by atoms with van der Waals surface area (Å²) in [5, 5.41) is 3.71. The normalized spacial score (nSPS) is 26.0. The molecule has 3 aliphatic rings. The van der Waals surface area contributed by atoms with E-state index in [0.717, 1.165) is 43.1 Å². The topological polar surface area (TPSA) is 88.7 Å². The van der Waals surface area contributed by atoms with Crippen LogP contribution < -0.4 is 15.8 Å². The molecule has 1 saturated heterocycles. The number of nitrogens with one attached hydrogen (secondary N) is 1. The third kappa shape index (κ3) is 2.92. The van der Waals surface area contributed by atoms with Crippen LogP contribution in [0.4, 0.5) is 11.4 Å². The first kappa shape index (κ1) is 16.5. The zero-order valence-electron chi connectivity index (χ0n) is 15.2. The van der Waals surface area contributed by atoms with Gasteiger partial charge in [0, 0.05) is 37.6 Å². The molecule has 27 heavy (non-hydrogen) atoms. The van der Waals surface area contributed by atoms with E-state index in [4.69, 9.17) is 15.5 Å². The smallest absolute Gasteiger partial charge is 0.153 e. The van der Waals surface area contributed by atoms with Gasteiger partial charge >= 0.3 is 0 Å². The maximum absolute atomic E-state index is 6.55. The summed E-state index contributed by atoms with van der Waals surface area (Å²) in [6.07, 6.45) is 11.6. The van der Waals surface area contributed by atoms with E-state index < -0.39 is 5.66 Å². The second-order valence-electron chi connectivity index (χ2n) is 7.54. The second-order valence-corrected chi connectivity index (χ2v) is 7.54. The summed E-state index contributed by atoms with van der Waals surface area (Å²) in [4.78, 5) is 15.5. The minimum absolute atomic E-state index is 0.218. The van der Waals surface area contributed by atoms with E-state index >= 15 is 0 Å². The number of rotatable bonds is 4. The minimum Gasteiger partial charge on any atom is -0.490 e. The van der Waals surface area contributed by atoms with Crippen molar-refractivity contribution in [2.45, 2.75) is 37.5 Å². The quantitative estimate of drug-likeness (QED) is 0.867. The Labute approximate surface area is 158 Å². The molecule has 7 nitrogen and oxygen atoms in total. The lowest BCUT2D eigenvalue weighted by Crippen LogP contribution is -2.67. The van der Waals surface area contributed by atoms with Gasteiger partial charge in [0.25, 0.3) is 0 Å². The van der Waals surface area contributed by atoms with E-state index in [0.29, 0.717) is 11.8 Å². The molecule has 2 aliphatic heterocycles. The molecular formula is C20H24N6O. The highest BCUT2D eigenvalue weighted by molar-refractivity contribution is 5.99. The predicted octanol–water partition coefficient (Wildman–Crippen LogP) is 2.54. The highest BCUT2D eigenvalue weighted by Crippen LogP contribution is 2.48. The zero-order valence-corrected chi connectivity index (χ0v) is 15.2. The van der Waals surface area contributed by atoms with Gasteiger partial charge in [-0.3, -0.25) is 14.9 Å². The summed E-state index contributed by atoms with van der Waals surface area (Å²) in [5.41, 5.74) is 7.99. The first-order valence-electron chi connectivity index (χ1n) is 9.64. The summed E-state index contributed by atoms with van der Waals surface area (Å²) in [6.45, 7) is 1.84. The van der Waals surface area contributed by atoms with E-state index in [1.165, 1.54) is 12.8 Å². The molecule has 7 heteroatoms. The van der Waals surface area contributed by atoms with E-state index in [1.54, 1.807) is 18.6 Å². The Bertz CT molecular complexity index is 845. The number of ether oxygens (including phenoxy) is 1. The van der Waals surface area contributed by atoms with Gasteiger partial charge in [-0.25, -0.2) is 4.99 Å². The first-order valence-corrected chi connectivity index (χ1v) is 9.64. The number of piperidine rings is 1. The lowest BCUT2D eigenvalue weighted by Gasteiger charge is -2.49. The maximum Gasteiger partial charge on any atom is 0.153 e. The van der Waals surface area contributed by atoms with Gasteiger partial charge in [-0.15, -0.1) is 0 Å². The van der Waals surface area contributed by atoms with Crippen molar-refractivity contribution in [1.29, 1.82) is 0 Å². The lowest BCUT2D eigenvalue weighted by atomic mass is 9.94. The lowest BCUT2D eigenvalue weighted by molar-refractivity contribution is 0.0553. The molecule has 0 aromatic carbocycles. The van der Waals surface area contributed by atoms with Crippen LogP contribution in [0.2, 0.25) is 0 Å². The minimum atomic E-state index is -0.391. The van der Waals surface area contributed by atoms with Gasteiger partial charge < -0.3 is 15.8 Å². The largest absolute Gasteiger partial charge is 0.490 e. The van der Waals surface area contributed by atoms with Gasteiger partial charge in [-0.1, -0.05) is 0 Å². The van der Waals surface area contributed by atoms with Gasteiger partial charge in [-0.2, -0.15) is 0 Å². The molecule has 3 N–H and O–H groups in total. The number of pyridine rings is 2. The second kappa shape index (κ2) is 6.49. The highest BCUT2D eigenvalue weighted by Gasteiger charge is 2.54. The van der Waals surface area contributed by atoms with Gasteiger partial charge in [0.15, 0.2) is 5.66 Å². The Kier molecular flexibility index (Phi) is 3.97. The number of hydrogen-bond acceptors (Lipinski definition) is 7. The molecular weight excluding hydrogens is 340 g/mol. The summed E-state index contributed by atoms with van der Waals surface area (Å²) < 4.78 is 6.12. The van der Waals surface area contributed by atoms with Crippen LogP contribution in [0.5, 0.6) is 5.75 Å². The molecule has 2 aromatic rings. The van der Waals surface area contributed by atoms with E-state index in [2.05, 4.69) is 20.2 Å². The standard InChI is InChI=1S/C20H24N6O/c21-19-20(14-1-2-14,25-18-13-23-10-5-17(18)24-19)26-11-6-16(7-12-26)27-15-3-8-22-9-4-15/h3-5,8-10,13-14,16,25H,1-2,6-7,11-12H2,(H2,21,24). The zero-order chi connectivity index (χ0) is 18.3. The first-order chi connectivity index (χ1) is 13.3. The highest BCUT2D eigenvalue weighted by atomic mass is 16.5. The molecule has 1 aliphatic carbocycles. The Morgan fingerprint density at radius 2 is 1.78 bits per heavy atom. The molecule has 2 fully saturated rings. The van der Waals surface area contributed by atoms with Crippen LogP contribution in [0.25, 0.3) is 0 Å². The number of amidine groups is 1. The van der Waals surface area contributed by atoms with Crippen molar-refractivity contribution in [3.63, 3.8) is 0 Å². The third-order valence-corrected chi connectivity index (χ3v) is 5.82. The van der Waals surface area contributed by atoms with Gasteiger partial charge in [0.05, 0.1) is 17.6 Å². The summed E-state index contributed by atoms with van der Waals surface area (Å²) in [7, 11) is 0. The molecule has 140 valence electrons. The van der Waals surface area contributed by atoms with Crippen LogP contribution in [0.3, 0.4) is 0 Å². The molecule has 0 radical (unpaired) electrons. The fourth-order valence-corrected chi connectivity index (χ4v) is 4.31. The number of fused-ring (bicyclic) bond motifs is 1. The van der Waals surface area contributed by atoms with Gasteiger partial charge in [-0.05, 0) is 43.9 Å². The van der Waals surface area contributed by atoms with Crippen molar-refractivity contribution in [2.24, 2.45) is 16.6 Å². The van der Waals surface area contributed by atoms with Crippen molar-refractivity contribution in [1.82, 2.24) is 14.9 Å². The number of nitrogens with two attached hydrogens (primary N) is 1. The molecule has 4 heterocycles. The molecule has 0 amide bonds. The van der Waals surface area contributed by atoms with Crippen molar-refractivity contribution < 1.29 is 4.74 Å². The van der Waals surface area contributed by atoms with E-state index in [9.17, 15) is 0 Å². The molecule has 0 bridgehead atoms. The number of nitrogens with zero attached hydrogens (tertiary/aromatic N) is 4. The molecule has 2 aromatic heterocycles. The Balaban J connectivity index is 1.34. The number of likely N-dealkylation sites (tertiary alicyclic amines) is 1. The Morgan fingerprint density at radius 3 is 2.52 bits per heavy atom. The van der Waals surface area contributed by atoms with Crippen LogP contribution in [0, 0.1) is 5.92 Å². The Hall–Kier alpha value is -2.67. The van der Waals surface area contributed by atoms with Crippen molar-refractivity contribution in [3.8, 4) is 5.75 Å². The number of aromatic nitrogens is 2. The third-order valence-electron chi connectivity index (χ3n) is 5.82. The number of anilines is 1. The number of hydrogen-bond donors (Lipinski definition) is 2. The fraction of sp³-hybridized carbons (Fsp3) is 0.450. The van der Waals surface area contributed by atoms with Crippen LogP contribution >= 0.6 is 0 Å². The molecule has 0 spiro atoms. The summed E-state index contributed by atoms with van der Waals surface area (Å²) in [6, 6.07) is 5.73. The van der Waals surface area contributed by atoms with Crippen LogP contribution in [0.15, 0.2) is 48.0 Å². The average molecular weight is 364 g/mol. The fourth-order valence-electron chi connectivity index (χ4n) is 4.31.